The van der Waals surface area contributed by atoms with Gasteiger partial charge in [-0.3, -0.25) is 4.98 Å². The van der Waals surface area contributed by atoms with Gasteiger partial charge in [0, 0.05) is 17.3 Å². The van der Waals surface area contributed by atoms with Gasteiger partial charge in [-0.15, -0.1) is 0 Å². The van der Waals surface area contributed by atoms with E-state index in [4.69, 9.17) is 9.84 Å². The number of para-hydroxylation sites is 1. The highest BCUT2D eigenvalue weighted by atomic mass is 16.5. The zero-order valence-electron chi connectivity index (χ0n) is 11.3. The highest BCUT2D eigenvalue weighted by molar-refractivity contribution is 5.88. The number of nitrogens with zero attached hydrogens (tertiary/aromatic N) is 2. The smallest absolute Gasteiger partial charge is 0.337 e. The highest BCUT2D eigenvalue weighted by Crippen LogP contribution is 2.28. The van der Waals surface area contributed by atoms with Gasteiger partial charge in [-0.25, -0.2) is 9.78 Å². The van der Waals surface area contributed by atoms with Crippen LogP contribution in [0.3, 0.4) is 0 Å². The number of carboxylic acids is 1. The molecule has 1 aromatic carbocycles. The summed E-state index contributed by atoms with van der Waals surface area (Å²) in [5.41, 5.74) is 1.70. The van der Waals surface area contributed by atoms with E-state index in [2.05, 4.69) is 9.97 Å². The Bertz CT molecular complexity index is 831. The summed E-state index contributed by atoms with van der Waals surface area (Å²) < 4.78 is 5.75. The first-order chi connectivity index (χ1) is 10.1. The predicted octanol–water partition coefficient (Wildman–Crippen LogP) is 3.43. The van der Waals surface area contributed by atoms with Gasteiger partial charge in [0.25, 0.3) is 0 Å². The summed E-state index contributed by atoms with van der Waals surface area (Å²) in [6, 6.07) is 10.9. The minimum atomic E-state index is -1.04. The molecule has 3 rings (SSSR count). The normalized spacial score (nSPS) is 10.5. The summed E-state index contributed by atoms with van der Waals surface area (Å²) in [4.78, 5) is 19.3. The number of rotatable bonds is 3. The van der Waals surface area contributed by atoms with Crippen molar-refractivity contribution in [3.63, 3.8) is 0 Å². The first-order valence-corrected chi connectivity index (χ1v) is 6.36. The standard InChI is InChI=1S/C16H12N2O3/c1-10-5-6-11-3-2-4-14(15(11)18-10)21-13-7-12(16(19)20)8-17-9-13/h2-9H,1H3,(H,19,20). The predicted molar refractivity (Wildman–Crippen MR) is 77.8 cm³/mol. The second-order valence-corrected chi connectivity index (χ2v) is 4.60. The Morgan fingerprint density at radius 2 is 2.05 bits per heavy atom. The van der Waals surface area contributed by atoms with Crippen LogP contribution in [0.2, 0.25) is 0 Å². The fourth-order valence-corrected chi connectivity index (χ4v) is 2.02. The summed E-state index contributed by atoms with van der Waals surface area (Å²) in [5, 5.41) is 9.93. The average molecular weight is 280 g/mol. The summed E-state index contributed by atoms with van der Waals surface area (Å²) in [5.74, 6) is -0.105. The summed E-state index contributed by atoms with van der Waals surface area (Å²) in [7, 11) is 0. The van der Waals surface area contributed by atoms with Gasteiger partial charge < -0.3 is 9.84 Å². The van der Waals surface area contributed by atoms with E-state index in [1.807, 2.05) is 31.2 Å². The number of ether oxygens (including phenoxy) is 1. The Kier molecular flexibility index (Phi) is 3.23. The van der Waals surface area contributed by atoms with Crippen LogP contribution < -0.4 is 4.74 Å². The topological polar surface area (TPSA) is 72.3 Å². The number of hydrogen-bond donors (Lipinski definition) is 1. The maximum absolute atomic E-state index is 11.0. The SMILES string of the molecule is Cc1ccc2cccc(Oc3cncc(C(=O)O)c3)c2n1. The van der Waals surface area contributed by atoms with E-state index in [0.29, 0.717) is 11.5 Å². The molecule has 0 aliphatic rings. The maximum atomic E-state index is 11.0. The van der Waals surface area contributed by atoms with Crippen LogP contribution in [0.15, 0.2) is 48.8 Å². The quantitative estimate of drug-likeness (QED) is 0.795. The molecular formula is C16H12N2O3. The van der Waals surface area contributed by atoms with E-state index in [9.17, 15) is 4.79 Å². The van der Waals surface area contributed by atoms with Crippen molar-refractivity contribution < 1.29 is 14.6 Å². The van der Waals surface area contributed by atoms with E-state index in [1.54, 1.807) is 6.07 Å². The molecule has 0 fully saturated rings. The van der Waals surface area contributed by atoms with Gasteiger partial charge in [-0.2, -0.15) is 0 Å². The molecule has 0 spiro atoms. The summed E-state index contributed by atoms with van der Waals surface area (Å²) >= 11 is 0. The monoisotopic (exact) mass is 280 g/mol. The Hall–Kier alpha value is -2.95. The second-order valence-electron chi connectivity index (χ2n) is 4.60. The molecular weight excluding hydrogens is 268 g/mol. The van der Waals surface area contributed by atoms with E-state index >= 15 is 0 Å². The number of carboxylic acid groups (broad SMARTS) is 1. The van der Waals surface area contributed by atoms with Crippen LogP contribution in [0.25, 0.3) is 10.9 Å². The van der Waals surface area contributed by atoms with E-state index < -0.39 is 5.97 Å². The van der Waals surface area contributed by atoms with Gasteiger partial charge in [0.1, 0.15) is 11.3 Å². The number of aromatic nitrogens is 2. The van der Waals surface area contributed by atoms with Gasteiger partial charge in [-0.1, -0.05) is 18.2 Å². The number of benzene rings is 1. The number of fused-ring (bicyclic) bond motifs is 1. The zero-order valence-corrected chi connectivity index (χ0v) is 11.3. The molecule has 0 saturated carbocycles. The maximum Gasteiger partial charge on any atom is 0.337 e. The molecule has 0 unspecified atom stereocenters. The zero-order chi connectivity index (χ0) is 14.8. The highest BCUT2D eigenvalue weighted by Gasteiger charge is 2.08. The van der Waals surface area contributed by atoms with Crippen molar-refractivity contribution in [1.29, 1.82) is 0 Å². The van der Waals surface area contributed by atoms with Gasteiger partial charge in [-0.05, 0) is 25.1 Å². The molecule has 0 aliphatic heterocycles. The largest absolute Gasteiger partial charge is 0.478 e. The lowest BCUT2D eigenvalue weighted by molar-refractivity contribution is 0.0696. The Labute approximate surface area is 120 Å². The molecule has 5 heteroatoms. The molecule has 3 aromatic rings. The number of aryl methyl sites for hydroxylation is 1. The number of carbonyl (C=O) groups is 1. The van der Waals surface area contributed by atoms with Gasteiger partial charge >= 0.3 is 5.97 Å². The van der Waals surface area contributed by atoms with Crippen LogP contribution in [0.5, 0.6) is 11.5 Å². The lowest BCUT2D eigenvalue weighted by Gasteiger charge is -2.09. The van der Waals surface area contributed by atoms with Crippen molar-refractivity contribution in [2.45, 2.75) is 6.92 Å². The van der Waals surface area contributed by atoms with Crippen LogP contribution in [0, 0.1) is 6.92 Å². The molecule has 0 saturated heterocycles. The first kappa shape index (κ1) is 13.1. The molecule has 21 heavy (non-hydrogen) atoms. The van der Waals surface area contributed by atoms with Gasteiger partial charge in [0.15, 0.2) is 5.75 Å². The van der Waals surface area contributed by atoms with Gasteiger partial charge in [0.2, 0.25) is 0 Å². The molecule has 0 bridgehead atoms. The van der Waals surface area contributed by atoms with Crippen molar-refractivity contribution in [1.82, 2.24) is 9.97 Å². The Balaban J connectivity index is 2.04. The van der Waals surface area contributed by atoms with Crippen LogP contribution in [0.4, 0.5) is 0 Å². The molecule has 5 nitrogen and oxygen atoms in total. The fourth-order valence-electron chi connectivity index (χ4n) is 2.02. The third-order valence-electron chi connectivity index (χ3n) is 3.01. The third-order valence-corrected chi connectivity index (χ3v) is 3.01. The van der Waals surface area contributed by atoms with Crippen molar-refractivity contribution in [2.24, 2.45) is 0 Å². The Morgan fingerprint density at radius 1 is 1.19 bits per heavy atom. The Morgan fingerprint density at radius 3 is 2.86 bits per heavy atom. The molecule has 0 radical (unpaired) electrons. The minimum Gasteiger partial charge on any atom is -0.478 e. The summed E-state index contributed by atoms with van der Waals surface area (Å²) in [6.07, 6.45) is 2.75. The molecule has 2 heterocycles. The van der Waals surface area contributed by atoms with Crippen LogP contribution in [0.1, 0.15) is 16.1 Å². The molecule has 1 N–H and O–H groups in total. The third kappa shape index (κ3) is 2.67. The van der Waals surface area contributed by atoms with Gasteiger partial charge in [0.05, 0.1) is 11.8 Å². The van der Waals surface area contributed by atoms with Crippen LogP contribution in [-0.4, -0.2) is 21.0 Å². The number of hydrogen-bond acceptors (Lipinski definition) is 4. The van der Waals surface area contributed by atoms with Crippen molar-refractivity contribution in [2.75, 3.05) is 0 Å². The first-order valence-electron chi connectivity index (χ1n) is 6.36. The average Bonchev–Trinajstić information content (AvgIpc) is 2.48. The molecule has 0 aliphatic carbocycles. The summed E-state index contributed by atoms with van der Waals surface area (Å²) in [6.45, 7) is 1.91. The van der Waals surface area contributed by atoms with Crippen molar-refractivity contribution in [3.8, 4) is 11.5 Å². The molecule has 104 valence electrons. The number of aromatic carboxylic acids is 1. The second kappa shape index (κ2) is 5.20. The van der Waals surface area contributed by atoms with Crippen molar-refractivity contribution in [3.05, 3.63) is 60.0 Å². The van der Waals surface area contributed by atoms with Crippen LogP contribution >= 0.6 is 0 Å². The van der Waals surface area contributed by atoms with E-state index in [1.165, 1.54) is 18.5 Å². The molecule has 0 amide bonds. The van der Waals surface area contributed by atoms with E-state index in [-0.39, 0.29) is 5.56 Å². The molecule has 2 aromatic heterocycles. The lowest BCUT2D eigenvalue weighted by atomic mass is 10.2. The minimum absolute atomic E-state index is 0.0804. The lowest BCUT2D eigenvalue weighted by Crippen LogP contribution is -1.98. The van der Waals surface area contributed by atoms with Crippen LogP contribution in [-0.2, 0) is 0 Å². The van der Waals surface area contributed by atoms with E-state index in [0.717, 1.165) is 16.6 Å². The van der Waals surface area contributed by atoms with Crippen molar-refractivity contribution >= 4 is 16.9 Å². The molecule has 0 atom stereocenters. The fraction of sp³-hybridized carbons (Fsp3) is 0.0625. The number of pyridine rings is 2.